The second-order valence-corrected chi connectivity index (χ2v) is 4.15. The maximum atomic E-state index is 12.1. The van der Waals surface area contributed by atoms with Gasteiger partial charge in [0.1, 0.15) is 13.1 Å². The molecule has 0 unspecified atom stereocenters. The van der Waals surface area contributed by atoms with Gasteiger partial charge in [-0.05, 0) is 12.8 Å². The molecule has 1 aliphatic carbocycles. The van der Waals surface area contributed by atoms with Crippen LogP contribution in [-0.4, -0.2) is 34.1 Å². The number of carbonyl (C=O) groups excluding carboxylic acids is 1. The largest absolute Gasteiger partial charge is 0.395 e. The van der Waals surface area contributed by atoms with Gasteiger partial charge in [-0.25, -0.2) is 0 Å². The van der Waals surface area contributed by atoms with Gasteiger partial charge >= 0.3 is 0 Å². The summed E-state index contributed by atoms with van der Waals surface area (Å²) in [5.74, 6) is -0.127. The van der Waals surface area contributed by atoms with Gasteiger partial charge in [0.25, 0.3) is 5.91 Å². The molecule has 1 amide bonds. The summed E-state index contributed by atoms with van der Waals surface area (Å²) in [7, 11) is 0. The van der Waals surface area contributed by atoms with Crippen molar-refractivity contribution in [1.82, 2.24) is 15.1 Å². The van der Waals surface area contributed by atoms with Gasteiger partial charge < -0.3 is 10.6 Å². The van der Waals surface area contributed by atoms with Gasteiger partial charge in [0, 0.05) is 5.92 Å². The third-order valence-electron chi connectivity index (χ3n) is 2.83. The molecular formula is C11H12N6O. The number of anilines is 1. The molecule has 1 heterocycles. The van der Waals surface area contributed by atoms with E-state index < -0.39 is 5.91 Å². The molecule has 7 nitrogen and oxygen atoms in total. The van der Waals surface area contributed by atoms with E-state index in [0.29, 0.717) is 11.6 Å². The molecule has 0 aliphatic heterocycles. The second-order valence-electron chi connectivity index (χ2n) is 4.15. The molecule has 1 aromatic heterocycles. The molecule has 18 heavy (non-hydrogen) atoms. The van der Waals surface area contributed by atoms with Crippen molar-refractivity contribution in [2.45, 2.75) is 18.8 Å². The summed E-state index contributed by atoms with van der Waals surface area (Å²) in [6, 6.07) is 3.68. The zero-order valence-corrected chi connectivity index (χ0v) is 9.68. The number of aromatic amines is 1. The maximum absolute atomic E-state index is 12.1. The molecule has 92 valence electrons. The van der Waals surface area contributed by atoms with Gasteiger partial charge in [-0.1, -0.05) is 0 Å². The number of nitrogens with zero attached hydrogens (tertiary/aromatic N) is 4. The number of hydrogen-bond acceptors (Lipinski definition) is 5. The van der Waals surface area contributed by atoms with Crippen LogP contribution in [0.4, 0.5) is 5.69 Å². The van der Waals surface area contributed by atoms with Gasteiger partial charge in [-0.2, -0.15) is 15.6 Å². The Morgan fingerprint density at radius 2 is 2.06 bits per heavy atom. The molecule has 2 rings (SSSR count). The lowest BCUT2D eigenvalue weighted by Crippen LogP contribution is -2.32. The molecule has 0 bridgehead atoms. The van der Waals surface area contributed by atoms with Crippen LogP contribution in [0.5, 0.6) is 0 Å². The fraction of sp³-hybridized carbons (Fsp3) is 0.455. The highest BCUT2D eigenvalue weighted by Gasteiger charge is 2.31. The van der Waals surface area contributed by atoms with Crippen LogP contribution in [-0.2, 0) is 0 Å². The van der Waals surface area contributed by atoms with E-state index in [9.17, 15) is 4.79 Å². The molecule has 1 saturated carbocycles. The molecule has 0 radical (unpaired) electrons. The van der Waals surface area contributed by atoms with E-state index >= 15 is 0 Å². The zero-order valence-electron chi connectivity index (χ0n) is 9.68. The predicted molar refractivity (Wildman–Crippen MR) is 62.1 cm³/mol. The molecule has 0 atom stereocenters. The molecule has 3 N–H and O–H groups in total. The molecule has 7 heteroatoms. The third-order valence-corrected chi connectivity index (χ3v) is 2.83. The van der Waals surface area contributed by atoms with Crippen molar-refractivity contribution in [2.24, 2.45) is 0 Å². The van der Waals surface area contributed by atoms with Crippen molar-refractivity contribution in [3.63, 3.8) is 0 Å². The first kappa shape index (κ1) is 11.9. The van der Waals surface area contributed by atoms with E-state index in [1.165, 1.54) is 0 Å². The molecule has 0 aromatic carbocycles. The van der Waals surface area contributed by atoms with E-state index in [4.69, 9.17) is 16.3 Å². The van der Waals surface area contributed by atoms with Crippen molar-refractivity contribution in [1.29, 1.82) is 10.5 Å². The predicted octanol–water partition coefficient (Wildman–Crippen LogP) is 0.359. The lowest BCUT2D eigenvalue weighted by molar-refractivity contribution is 0.0790. The highest BCUT2D eigenvalue weighted by Crippen LogP contribution is 2.42. The fourth-order valence-electron chi connectivity index (χ4n) is 1.73. The summed E-state index contributed by atoms with van der Waals surface area (Å²) in [5, 5.41) is 23.9. The van der Waals surface area contributed by atoms with Crippen molar-refractivity contribution in [3.8, 4) is 12.1 Å². The van der Waals surface area contributed by atoms with E-state index in [-0.39, 0.29) is 18.8 Å². The monoisotopic (exact) mass is 244 g/mol. The average molecular weight is 244 g/mol. The number of carbonyl (C=O) groups is 1. The Hall–Kier alpha value is -2.54. The standard InChI is InChI=1S/C11H12N6O/c12-3-5-17(6-4-13)11(18)10-8(14)9(15-16-10)7-1-2-7/h7H,1-2,5-6,14H2,(H,15,16). The fourth-order valence-corrected chi connectivity index (χ4v) is 1.73. The van der Waals surface area contributed by atoms with Crippen molar-refractivity contribution in [3.05, 3.63) is 11.4 Å². The molecule has 1 fully saturated rings. The van der Waals surface area contributed by atoms with Crippen LogP contribution < -0.4 is 5.73 Å². The maximum Gasteiger partial charge on any atom is 0.278 e. The first-order valence-electron chi connectivity index (χ1n) is 5.56. The second kappa shape index (κ2) is 4.76. The number of hydrogen-bond donors (Lipinski definition) is 2. The highest BCUT2D eigenvalue weighted by atomic mass is 16.2. The van der Waals surface area contributed by atoms with E-state index in [2.05, 4.69) is 10.2 Å². The number of rotatable bonds is 4. The molecule has 0 spiro atoms. The Morgan fingerprint density at radius 3 is 2.56 bits per heavy atom. The Labute approximate surface area is 104 Å². The third kappa shape index (κ3) is 2.11. The lowest BCUT2D eigenvalue weighted by Gasteiger charge is -2.14. The summed E-state index contributed by atoms with van der Waals surface area (Å²) in [5.41, 5.74) is 7.09. The van der Waals surface area contributed by atoms with Crippen LogP contribution in [0.15, 0.2) is 0 Å². The minimum absolute atomic E-state index is 0.0994. The van der Waals surface area contributed by atoms with Crippen LogP contribution >= 0.6 is 0 Å². The van der Waals surface area contributed by atoms with Crippen LogP contribution in [0.2, 0.25) is 0 Å². The van der Waals surface area contributed by atoms with Gasteiger partial charge in [-0.15, -0.1) is 0 Å². The van der Waals surface area contributed by atoms with E-state index in [1.807, 2.05) is 12.1 Å². The van der Waals surface area contributed by atoms with Crippen molar-refractivity contribution >= 4 is 11.6 Å². The van der Waals surface area contributed by atoms with Gasteiger partial charge in [0.15, 0.2) is 5.69 Å². The summed E-state index contributed by atoms with van der Waals surface area (Å²) >= 11 is 0. The average Bonchev–Trinajstić information content (AvgIpc) is 3.12. The number of aromatic nitrogens is 2. The summed E-state index contributed by atoms with van der Waals surface area (Å²) in [6.45, 7) is -0.311. The topological polar surface area (TPSA) is 123 Å². The van der Waals surface area contributed by atoms with Crippen LogP contribution in [0.1, 0.15) is 34.9 Å². The van der Waals surface area contributed by atoms with Crippen molar-refractivity contribution < 1.29 is 4.79 Å². The molecule has 1 aliphatic rings. The number of H-pyrrole nitrogens is 1. The van der Waals surface area contributed by atoms with Crippen LogP contribution in [0.25, 0.3) is 0 Å². The smallest absolute Gasteiger partial charge is 0.278 e. The van der Waals surface area contributed by atoms with Crippen LogP contribution in [0.3, 0.4) is 0 Å². The Morgan fingerprint density at radius 1 is 1.44 bits per heavy atom. The summed E-state index contributed by atoms with van der Waals surface area (Å²) < 4.78 is 0. The van der Waals surface area contributed by atoms with Crippen LogP contribution in [0, 0.1) is 22.7 Å². The van der Waals surface area contributed by atoms with Gasteiger partial charge in [-0.3, -0.25) is 9.89 Å². The molecular weight excluding hydrogens is 232 g/mol. The number of nitriles is 2. The first-order valence-corrected chi connectivity index (χ1v) is 5.56. The number of amides is 1. The Bertz CT molecular complexity index is 529. The van der Waals surface area contributed by atoms with Gasteiger partial charge in [0.05, 0.1) is 23.5 Å². The zero-order chi connectivity index (χ0) is 13.1. The van der Waals surface area contributed by atoms with Gasteiger partial charge in [0.2, 0.25) is 0 Å². The van der Waals surface area contributed by atoms with Crippen molar-refractivity contribution in [2.75, 3.05) is 18.8 Å². The highest BCUT2D eigenvalue weighted by molar-refractivity contribution is 5.98. The minimum atomic E-state index is -0.487. The first-order chi connectivity index (χ1) is 8.69. The lowest BCUT2D eigenvalue weighted by atomic mass is 10.2. The Kier molecular flexibility index (Phi) is 3.16. The van der Waals surface area contributed by atoms with E-state index in [0.717, 1.165) is 23.4 Å². The summed E-state index contributed by atoms with van der Waals surface area (Å²) in [6.07, 6.45) is 2.08. The molecule has 1 aromatic rings. The number of nitrogens with one attached hydrogen (secondary N) is 1. The van der Waals surface area contributed by atoms with E-state index in [1.54, 1.807) is 0 Å². The minimum Gasteiger partial charge on any atom is -0.395 e. The molecule has 0 saturated heterocycles. The summed E-state index contributed by atoms with van der Waals surface area (Å²) in [4.78, 5) is 13.2. The Balaban J connectivity index is 2.22. The normalized spacial score (nSPS) is 13.7. The number of nitrogen functional groups attached to an aromatic ring is 1. The quantitative estimate of drug-likeness (QED) is 0.740. The SMILES string of the molecule is N#CCN(CC#N)C(=O)c1n[nH]c(C2CC2)c1N. The number of nitrogens with two attached hydrogens (primary N) is 1.